The van der Waals surface area contributed by atoms with Crippen LogP contribution in [0, 0.1) is 12.8 Å². The molecule has 0 radical (unpaired) electrons. The molecule has 1 N–H and O–H groups in total. The van der Waals surface area contributed by atoms with E-state index in [0.717, 1.165) is 23.2 Å². The second-order valence-electron chi connectivity index (χ2n) is 6.20. The van der Waals surface area contributed by atoms with E-state index in [9.17, 15) is 9.59 Å². The zero-order valence-corrected chi connectivity index (χ0v) is 14.4. The van der Waals surface area contributed by atoms with E-state index < -0.39 is 0 Å². The summed E-state index contributed by atoms with van der Waals surface area (Å²) in [7, 11) is 1.62. The first-order valence-electron chi connectivity index (χ1n) is 8.15. The van der Waals surface area contributed by atoms with E-state index in [1.807, 2.05) is 32.0 Å². The SMILES string of the molecule is CCc1cccc(C)c1NC(=O)[C@@H]1CC(=O)N([C@@H](C)COC)C1. The summed E-state index contributed by atoms with van der Waals surface area (Å²) < 4.78 is 5.11. The Morgan fingerprint density at radius 3 is 2.87 bits per heavy atom. The van der Waals surface area contributed by atoms with Crippen molar-refractivity contribution in [3.05, 3.63) is 29.3 Å². The molecule has 126 valence electrons. The van der Waals surface area contributed by atoms with Crippen LogP contribution in [0.25, 0.3) is 0 Å². The number of likely N-dealkylation sites (tertiary alicyclic amines) is 1. The summed E-state index contributed by atoms with van der Waals surface area (Å²) in [5.41, 5.74) is 3.05. The number of ether oxygens (including phenoxy) is 1. The molecular weight excluding hydrogens is 292 g/mol. The molecule has 23 heavy (non-hydrogen) atoms. The average molecular weight is 318 g/mol. The molecular formula is C18H26N2O3. The minimum Gasteiger partial charge on any atom is -0.383 e. The average Bonchev–Trinajstić information content (AvgIpc) is 2.91. The number of benzene rings is 1. The third kappa shape index (κ3) is 3.91. The van der Waals surface area contributed by atoms with Crippen molar-refractivity contribution in [2.75, 3.05) is 25.6 Å². The maximum atomic E-state index is 12.6. The monoisotopic (exact) mass is 318 g/mol. The Bertz CT molecular complexity index is 586. The van der Waals surface area contributed by atoms with E-state index in [1.54, 1.807) is 12.0 Å². The lowest BCUT2D eigenvalue weighted by Gasteiger charge is -2.24. The zero-order chi connectivity index (χ0) is 17.0. The number of para-hydroxylation sites is 1. The fraction of sp³-hybridized carbons (Fsp3) is 0.556. The van der Waals surface area contributed by atoms with Crippen LogP contribution >= 0.6 is 0 Å². The number of hydrogen-bond acceptors (Lipinski definition) is 3. The van der Waals surface area contributed by atoms with Crippen LogP contribution in [0.1, 0.15) is 31.4 Å². The third-order valence-corrected chi connectivity index (χ3v) is 4.46. The maximum absolute atomic E-state index is 12.6. The molecule has 1 heterocycles. The molecule has 1 fully saturated rings. The van der Waals surface area contributed by atoms with Crippen molar-refractivity contribution in [2.45, 2.75) is 39.7 Å². The highest BCUT2D eigenvalue weighted by molar-refractivity contribution is 5.98. The number of rotatable bonds is 6. The number of nitrogens with zero attached hydrogens (tertiary/aromatic N) is 1. The molecule has 2 atom stereocenters. The Balaban J connectivity index is 2.07. The number of carbonyl (C=O) groups is 2. The van der Waals surface area contributed by atoms with Gasteiger partial charge in [0.05, 0.1) is 18.6 Å². The topological polar surface area (TPSA) is 58.6 Å². The molecule has 1 saturated heterocycles. The smallest absolute Gasteiger partial charge is 0.229 e. The summed E-state index contributed by atoms with van der Waals surface area (Å²) in [5, 5.41) is 3.03. The number of nitrogens with one attached hydrogen (secondary N) is 1. The maximum Gasteiger partial charge on any atom is 0.229 e. The number of hydrogen-bond donors (Lipinski definition) is 1. The molecule has 0 bridgehead atoms. The van der Waals surface area contributed by atoms with Gasteiger partial charge < -0.3 is 15.0 Å². The Kier molecular flexibility index (Phi) is 5.77. The molecule has 5 nitrogen and oxygen atoms in total. The minimum atomic E-state index is -0.300. The van der Waals surface area contributed by atoms with Gasteiger partial charge in [-0.25, -0.2) is 0 Å². The number of anilines is 1. The Morgan fingerprint density at radius 2 is 2.22 bits per heavy atom. The van der Waals surface area contributed by atoms with Crippen molar-refractivity contribution in [2.24, 2.45) is 5.92 Å². The summed E-state index contributed by atoms with van der Waals surface area (Å²) in [4.78, 5) is 26.5. The molecule has 1 aromatic rings. The second-order valence-corrected chi connectivity index (χ2v) is 6.20. The van der Waals surface area contributed by atoms with Crippen molar-refractivity contribution < 1.29 is 14.3 Å². The predicted octanol–water partition coefficient (Wildman–Crippen LogP) is 2.38. The Hall–Kier alpha value is -1.88. The van der Waals surface area contributed by atoms with E-state index in [0.29, 0.717) is 13.2 Å². The first-order chi connectivity index (χ1) is 11.0. The van der Waals surface area contributed by atoms with E-state index in [-0.39, 0.29) is 30.2 Å². The third-order valence-electron chi connectivity index (χ3n) is 4.46. The lowest BCUT2D eigenvalue weighted by Crippen LogP contribution is -2.38. The molecule has 0 saturated carbocycles. The molecule has 1 aromatic carbocycles. The highest BCUT2D eigenvalue weighted by atomic mass is 16.5. The van der Waals surface area contributed by atoms with Crippen LogP contribution in [0.4, 0.5) is 5.69 Å². The van der Waals surface area contributed by atoms with Crippen LogP contribution in [0.3, 0.4) is 0 Å². The molecule has 0 aliphatic carbocycles. The van der Waals surface area contributed by atoms with Gasteiger partial charge in [-0.05, 0) is 31.4 Å². The van der Waals surface area contributed by atoms with Gasteiger partial charge in [0, 0.05) is 25.8 Å². The fourth-order valence-electron chi connectivity index (χ4n) is 3.09. The van der Waals surface area contributed by atoms with Gasteiger partial charge in [-0.1, -0.05) is 25.1 Å². The van der Waals surface area contributed by atoms with Crippen molar-refractivity contribution >= 4 is 17.5 Å². The lowest BCUT2D eigenvalue weighted by atomic mass is 10.0. The Morgan fingerprint density at radius 1 is 1.48 bits per heavy atom. The first-order valence-corrected chi connectivity index (χ1v) is 8.15. The molecule has 0 aromatic heterocycles. The molecule has 1 aliphatic rings. The highest BCUT2D eigenvalue weighted by Gasteiger charge is 2.36. The standard InChI is InChI=1S/C18H26N2O3/c1-5-14-8-6-7-12(2)17(14)19-18(22)15-9-16(21)20(10-15)13(3)11-23-4/h6-8,13,15H,5,9-11H2,1-4H3,(H,19,22)/t13-,15+/m0/s1. The van der Waals surface area contributed by atoms with Gasteiger partial charge in [-0.2, -0.15) is 0 Å². The molecule has 5 heteroatoms. The quantitative estimate of drug-likeness (QED) is 0.876. The molecule has 2 amide bonds. The van der Waals surface area contributed by atoms with Gasteiger partial charge in [0.25, 0.3) is 0 Å². The lowest BCUT2D eigenvalue weighted by molar-refractivity contribution is -0.130. The minimum absolute atomic E-state index is 0.00466. The van der Waals surface area contributed by atoms with Gasteiger partial charge >= 0.3 is 0 Å². The van der Waals surface area contributed by atoms with Crippen LogP contribution in [-0.4, -0.2) is 43.0 Å². The van der Waals surface area contributed by atoms with Gasteiger partial charge in [0.15, 0.2) is 0 Å². The van der Waals surface area contributed by atoms with Crippen LogP contribution in [0.15, 0.2) is 18.2 Å². The largest absolute Gasteiger partial charge is 0.383 e. The molecule has 0 unspecified atom stereocenters. The zero-order valence-electron chi connectivity index (χ0n) is 14.4. The first kappa shape index (κ1) is 17.5. The number of amides is 2. The highest BCUT2D eigenvalue weighted by Crippen LogP contribution is 2.25. The van der Waals surface area contributed by atoms with Gasteiger partial charge in [0.1, 0.15) is 0 Å². The number of carbonyl (C=O) groups excluding carboxylic acids is 2. The normalized spacial score (nSPS) is 19.0. The van der Waals surface area contributed by atoms with Gasteiger partial charge in [-0.3, -0.25) is 9.59 Å². The van der Waals surface area contributed by atoms with Gasteiger partial charge in [-0.15, -0.1) is 0 Å². The molecule has 1 aliphatic heterocycles. The van der Waals surface area contributed by atoms with Crippen LogP contribution < -0.4 is 5.32 Å². The summed E-state index contributed by atoms with van der Waals surface area (Å²) in [6, 6.07) is 6.00. The number of methoxy groups -OCH3 is 1. The van der Waals surface area contributed by atoms with Crippen molar-refractivity contribution in [3.8, 4) is 0 Å². The van der Waals surface area contributed by atoms with E-state index in [2.05, 4.69) is 12.2 Å². The van der Waals surface area contributed by atoms with Crippen LogP contribution in [0.5, 0.6) is 0 Å². The van der Waals surface area contributed by atoms with E-state index >= 15 is 0 Å². The van der Waals surface area contributed by atoms with Crippen molar-refractivity contribution in [3.63, 3.8) is 0 Å². The summed E-state index contributed by atoms with van der Waals surface area (Å²) >= 11 is 0. The molecule has 2 rings (SSSR count). The van der Waals surface area contributed by atoms with E-state index in [1.165, 1.54) is 0 Å². The fourth-order valence-corrected chi connectivity index (χ4v) is 3.09. The van der Waals surface area contributed by atoms with Crippen molar-refractivity contribution in [1.29, 1.82) is 0 Å². The summed E-state index contributed by atoms with van der Waals surface area (Å²) in [6.07, 6.45) is 1.13. The van der Waals surface area contributed by atoms with E-state index in [4.69, 9.17) is 4.74 Å². The summed E-state index contributed by atoms with van der Waals surface area (Å²) in [5.74, 6) is -0.351. The van der Waals surface area contributed by atoms with Crippen LogP contribution in [-0.2, 0) is 20.7 Å². The second kappa shape index (κ2) is 7.59. The Labute approximate surface area is 138 Å². The summed E-state index contributed by atoms with van der Waals surface area (Å²) in [6.45, 7) is 6.94. The molecule has 0 spiro atoms. The number of aryl methyl sites for hydroxylation is 2. The van der Waals surface area contributed by atoms with Crippen LogP contribution in [0.2, 0.25) is 0 Å². The van der Waals surface area contributed by atoms with Gasteiger partial charge in [0.2, 0.25) is 11.8 Å². The predicted molar refractivity (Wildman–Crippen MR) is 90.3 cm³/mol. The van der Waals surface area contributed by atoms with Crippen molar-refractivity contribution in [1.82, 2.24) is 4.90 Å².